The highest BCUT2D eigenvalue weighted by Gasteiger charge is 2.36. The van der Waals surface area contributed by atoms with Crippen molar-refractivity contribution in [3.63, 3.8) is 0 Å². The highest BCUT2D eigenvalue weighted by Crippen LogP contribution is 2.21. The average Bonchev–Trinajstić information content (AvgIpc) is 2.22. The van der Waals surface area contributed by atoms with Gasteiger partial charge in [-0.3, -0.25) is 0 Å². The van der Waals surface area contributed by atoms with E-state index >= 15 is 0 Å². The molecule has 2 saturated heterocycles. The standard InChI is InChI=1S/C13H23FN2O3/c1-13(2,3)19-12(17)16-5-4-11(10(14)8-16)18-9-6-15-7-9/h9-11,15H,4-8H2,1-3H3/t10-,11-/m0/s1. The summed E-state index contributed by atoms with van der Waals surface area (Å²) in [5, 5.41) is 3.09. The number of piperidine rings is 1. The van der Waals surface area contributed by atoms with Gasteiger partial charge in [0.05, 0.1) is 18.8 Å². The molecule has 2 atom stereocenters. The number of ether oxygens (including phenoxy) is 2. The lowest BCUT2D eigenvalue weighted by atomic mass is 10.1. The number of alkyl halides is 1. The van der Waals surface area contributed by atoms with E-state index in [0.29, 0.717) is 13.0 Å². The van der Waals surface area contributed by atoms with Crippen LogP contribution in [-0.2, 0) is 9.47 Å². The number of hydrogen-bond donors (Lipinski definition) is 1. The molecule has 1 N–H and O–H groups in total. The topological polar surface area (TPSA) is 50.8 Å². The Bertz CT molecular complexity index is 328. The average molecular weight is 274 g/mol. The molecular weight excluding hydrogens is 251 g/mol. The van der Waals surface area contributed by atoms with E-state index in [-0.39, 0.29) is 12.6 Å². The molecule has 0 aromatic rings. The third-order valence-electron chi connectivity index (χ3n) is 3.24. The second-order valence-electron chi connectivity index (χ2n) is 6.19. The van der Waals surface area contributed by atoms with Gasteiger partial charge in [-0.1, -0.05) is 0 Å². The molecule has 2 fully saturated rings. The third-order valence-corrected chi connectivity index (χ3v) is 3.24. The summed E-state index contributed by atoms with van der Waals surface area (Å²) in [5.74, 6) is 0. The summed E-state index contributed by atoms with van der Waals surface area (Å²) in [7, 11) is 0. The van der Waals surface area contributed by atoms with Crippen LogP contribution >= 0.6 is 0 Å². The zero-order valence-electron chi connectivity index (χ0n) is 11.8. The first-order valence-electron chi connectivity index (χ1n) is 6.83. The Labute approximate surface area is 113 Å². The predicted molar refractivity (Wildman–Crippen MR) is 68.9 cm³/mol. The van der Waals surface area contributed by atoms with Gasteiger partial charge in [-0.15, -0.1) is 0 Å². The van der Waals surface area contributed by atoms with Crippen LogP contribution in [0.4, 0.5) is 9.18 Å². The Kier molecular flexibility index (Phi) is 4.30. The molecule has 0 aromatic carbocycles. The first-order chi connectivity index (χ1) is 8.85. The van der Waals surface area contributed by atoms with Crippen LogP contribution < -0.4 is 5.32 Å². The van der Waals surface area contributed by atoms with Crippen LogP contribution in [0.3, 0.4) is 0 Å². The maximum absolute atomic E-state index is 14.0. The largest absolute Gasteiger partial charge is 0.444 e. The van der Waals surface area contributed by atoms with Crippen LogP contribution in [0.25, 0.3) is 0 Å². The van der Waals surface area contributed by atoms with Crippen LogP contribution in [0.1, 0.15) is 27.2 Å². The number of carbonyl (C=O) groups excluding carboxylic acids is 1. The van der Waals surface area contributed by atoms with Gasteiger partial charge in [0.1, 0.15) is 11.8 Å². The lowest BCUT2D eigenvalue weighted by Crippen LogP contribution is -2.55. The monoisotopic (exact) mass is 274 g/mol. The summed E-state index contributed by atoms with van der Waals surface area (Å²) < 4.78 is 24.9. The molecular formula is C13H23FN2O3. The Morgan fingerprint density at radius 1 is 1.37 bits per heavy atom. The second-order valence-corrected chi connectivity index (χ2v) is 6.19. The third kappa shape index (κ3) is 4.04. The van der Waals surface area contributed by atoms with Crippen molar-refractivity contribution in [2.75, 3.05) is 26.2 Å². The van der Waals surface area contributed by atoms with E-state index in [1.54, 1.807) is 20.8 Å². The zero-order valence-corrected chi connectivity index (χ0v) is 11.8. The van der Waals surface area contributed by atoms with E-state index in [1.165, 1.54) is 4.90 Å². The molecule has 0 spiro atoms. The number of rotatable bonds is 2. The van der Waals surface area contributed by atoms with Gasteiger partial charge in [-0.05, 0) is 27.2 Å². The summed E-state index contributed by atoms with van der Waals surface area (Å²) in [4.78, 5) is 13.3. The van der Waals surface area contributed by atoms with E-state index in [2.05, 4.69) is 5.32 Å². The maximum atomic E-state index is 14.0. The predicted octanol–water partition coefficient (Wildman–Crippen LogP) is 1.32. The van der Waals surface area contributed by atoms with E-state index in [0.717, 1.165) is 13.1 Å². The van der Waals surface area contributed by atoms with Gasteiger partial charge in [-0.25, -0.2) is 9.18 Å². The summed E-state index contributed by atoms with van der Waals surface area (Å²) in [5.41, 5.74) is -0.548. The lowest BCUT2D eigenvalue weighted by molar-refractivity contribution is -0.0972. The molecule has 0 saturated carbocycles. The van der Waals surface area contributed by atoms with Crippen LogP contribution in [0.5, 0.6) is 0 Å². The van der Waals surface area contributed by atoms with Gasteiger partial charge in [0.25, 0.3) is 0 Å². The Hall–Kier alpha value is -0.880. The van der Waals surface area contributed by atoms with Crippen molar-refractivity contribution in [3.05, 3.63) is 0 Å². The van der Waals surface area contributed by atoms with Crippen LogP contribution in [0.2, 0.25) is 0 Å². The van der Waals surface area contributed by atoms with Gasteiger partial charge in [0.2, 0.25) is 0 Å². The molecule has 0 aliphatic carbocycles. The Morgan fingerprint density at radius 3 is 2.53 bits per heavy atom. The number of nitrogens with zero attached hydrogens (tertiary/aromatic N) is 1. The second kappa shape index (κ2) is 5.63. The van der Waals surface area contributed by atoms with Crippen molar-refractivity contribution in [3.8, 4) is 0 Å². The maximum Gasteiger partial charge on any atom is 0.410 e. The molecule has 2 rings (SSSR count). The highest BCUT2D eigenvalue weighted by atomic mass is 19.1. The highest BCUT2D eigenvalue weighted by molar-refractivity contribution is 5.68. The van der Waals surface area contributed by atoms with E-state index in [9.17, 15) is 9.18 Å². The van der Waals surface area contributed by atoms with E-state index < -0.39 is 24.0 Å². The van der Waals surface area contributed by atoms with Crippen molar-refractivity contribution in [2.24, 2.45) is 0 Å². The lowest BCUT2D eigenvalue weighted by Gasteiger charge is -2.38. The van der Waals surface area contributed by atoms with E-state index in [4.69, 9.17) is 9.47 Å². The van der Waals surface area contributed by atoms with Gasteiger partial charge in [0.15, 0.2) is 0 Å². The van der Waals surface area contributed by atoms with Gasteiger partial charge in [0, 0.05) is 19.6 Å². The number of nitrogens with one attached hydrogen (secondary N) is 1. The first kappa shape index (κ1) is 14.5. The fourth-order valence-electron chi connectivity index (χ4n) is 2.13. The fourth-order valence-corrected chi connectivity index (χ4v) is 2.13. The van der Waals surface area contributed by atoms with Crippen molar-refractivity contribution < 1.29 is 18.7 Å². The molecule has 0 bridgehead atoms. The molecule has 0 aromatic heterocycles. The normalized spacial score (nSPS) is 28.9. The molecule has 2 aliphatic heterocycles. The van der Waals surface area contributed by atoms with E-state index in [1.807, 2.05) is 0 Å². The minimum Gasteiger partial charge on any atom is -0.444 e. The summed E-state index contributed by atoms with van der Waals surface area (Å²) in [6, 6.07) is 0. The minimum absolute atomic E-state index is 0.0553. The summed E-state index contributed by atoms with van der Waals surface area (Å²) in [6.45, 7) is 7.53. The molecule has 1 amide bonds. The zero-order chi connectivity index (χ0) is 14.0. The van der Waals surface area contributed by atoms with Crippen molar-refractivity contribution >= 4 is 6.09 Å². The molecule has 2 aliphatic rings. The molecule has 110 valence electrons. The summed E-state index contributed by atoms with van der Waals surface area (Å²) in [6.07, 6.45) is -1.33. The van der Waals surface area contributed by atoms with Crippen molar-refractivity contribution in [1.82, 2.24) is 10.2 Å². The van der Waals surface area contributed by atoms with Crippen LogP contribution in [0.15, 0.2) is 0 Å². The molecule has 2 heterocycles. The number of halogens is 1. The fraction of sp³-hybridized carbons (Fsp3) is 0.923. The molecule has 5 nitrogen and oxygen atoms in total. The van der Waals surface area contributed by atoms with Crippen LogP contribution in [0, 0.1) is 0 Å². The van der Waals surface area contributed by atoms with Crippen molar-refractivity contribution in [2.45, 2.75) is 51.2 Å². The number of likely N-dealkylation sites (tertiary alicyclic amines) is 1. The Morgan fingerprint density at radius 2 is 2.05 bits per heavy atom. The first-order valence-corrected chi connectivity index (χ1v) is 6.83. The van der Waals surface area contributed by atoms with Gasteiger partial charge < -0.3 is 19.7 Å². The minimum atomic E-state index is -1.14. The molecule has 0 radical (unpaired) electrons. The molecule has 0 unspecified atom stereocenters. The van der Waals surface area contributed by atoms with Crippen molar-refractivity contribution in [1.29, 1.82) is 0 Å². The smallest absolute Gasteiger partial charge is 0.410 e. The summed E-state index contributed by atoms with van der Waals surface area (Å²) >= 11 is 0. The van der Waals surface area contributed by atoms with Gasteiger partial charge in [-0.2, -0.15) is 0 Å². The SMILES string of the molecule is CC(C)(C)OC(=O)N1CC[C@H](OC2CNC2)[C@@H](F)C1. The number of hydrogen-bond acceptors (Lipinski definition) is 4. The molecule has 19 heavy (non-hydrogen) atoms. The molecule has 6 heteroatoms. The number of amides is 1. The quantitative estimate of drug-likeness (QED) is 0.825. The van der Waals surface area contributed by atoms with Crippen LogP contribution in [-0.4, -0.2) is 61.2 Å². The Balaban J connectivity index is 1.80. The van der Waals surface area contributed by atoms with Gasteiger partial charge >= 0.3 is 6.09 Å². The number of carbonyl (C=O) groups is 1.